The predicted molar refractivity (Wildman–Crippen MR) is 66.5 cm³/mol. The molecule has 18 heavy (non-hydrogen) atoms. The van der Waals surface area contributed by atoms with Crippen molar-refractivity contribution in [3.8, 4) is 0 Å². The van der Waals surface area contributed by atoms with Gasteiger partial charge in [-0.25, -0.2) is 4.79 Å². The molecule has 0 bridgehead atoms. The number of urea groups is 1. The highest BCUT2D eigenvalue weighted by molar-refractivity contribution is 7.15. The molecule has 94 valence electrons. The van der Waals surface area contributed by atoms with E-state index < -0.39 is 0 Å². The average molecular weight is 264 g/mol. The van der Waals surface area contributed by atoms with Gasteiger partial charge in [-0.1, -0.05) is 11.3 Å². The number of amides is 2. The Hall–Kier alpha value is -1.89. The Labute approximate surface area is 107 Å². The zero-order valence-corrected chi connectivity index (χ0v) is 10.4. The minimum absolute atomic E-state index is 0.283. The molecule has 3 rings (SSSR count). The number of hydrogen-bond acceptors (Lipinski definition) is 5. The molecular weight excluding hydrogens is 252 g/mol. The van der Waals surface area contributed by atoms with Crippen LogP contribution in [0.2, 0.25) is 0 Å². The summed E-state index contributed by atoms with van der Waals surface area (Å²) in [7, 11) is 0. The van der Waals surface area contributed by atoms with Crippen molar-refractivity contribution in [2.45, 2.75) is 25.3 Å². The first-order valence-electron chi connectivity index (χ1n) is 5.70. The van der Waals surface area contributed by atoms with Crippen molar-refractivity contribution in [3.63, 3.8) is 0 Å². The summed E-state index contributed by atoms with van der Waals surface area (Å²) in [5.74, 6) is 0.562. The van der Waals surface area contributed by atoms with E-state index in [-0.39, 0.29) is 6.03 Å². The van der Waals surface area contributed by atoms with Gasteiger partial charge in [-0.2, -0.15) is 0 Å². The largest absolute Gasteiger partial charge is 0.472 e. The molecule has 0 aliphatic heterocycles. The molecule has 2 N–H and O–H groups in total. The molecule has 1 saturated carbocycles. The van der Waals surface area contributed by atoms with Gasteiger partial charge in [-0.05, 0) is 18.9 Å². The molecule has 0 atom stereocenters. The van der Waals surface area contributed by atoms with E-state index in [1.165, 1.54) is 24.2 Å². The number of rotatable bonds is 4. The summed E-state index contributed by atoms with van der Waals surface area (Å²) in [4.78, 5) is 11.6. The predicted octanol–water partition coefficient (Wildman–Crippen LogP) is 2.33. The fraction of sp³-hybridized carbons (Fsp3) is 0.364. The number of nitrogens with zero attached hydrogens (tertiary/aromatic N) is 2. The number of carbonyl (C=O) groups excluding carboxylic acids is 1. The standard InChI is InChI=1S/C11H12N4O2S/c16-10(12-5-7-3-4-17-6-7)13-11-15-14-9(18-11)8-1-2-8/h3-4,6,8H,1-2,5H2,(H2,12,13,15,16). The molecule has 1 fully saturated rings. The van der Waals surface area contributed by atoms with Crippen LogP contribution >= 0.6 is 11.3 Å². The van der Waals surface area contributed by atoms with Gasteiger partial charge in [0.2, 0.25) is 5.13 Å². The Balaban J connectivity index is 1.50. The Morgan fingerprint density at radius 3 is 3.11 bits per heavy atom. The summed E-state index contributed by atoms with van der Waals surface area (Å²) < 4.78 is 4.91. The highest BCUT2D eigenvalue weighted by Gasteiger charge is 2.27. The van der Waals surface area contributed by atoms with Crippen LogP contribution in [0.3, 0.4) is 0 Å². The first kappa shape index (κ1) is 11.2. The third-order valence-corrected chi connectivity index (χ3v) is 3.62. The van der Waals surface area contributed by atoms with E-state index in [4.69, 9.17) is 4.42 Å². The van der Waals surface area contributed by atoms with E-state index >= 15 is 0 Å². The fourth-order valence-electron chi connectivity index (χ4n) is 1.50. The molecule has 2 amide bonds. The first-order valence-corrected chi connectivity index (χ1v) is 6.52. The van der Waals surface area contributed by atoms with Crippen molar-refractivity contribution in [2.75, 3.05) is 5.32 Å². The number of furan rings is 1. The Kier molecular flexibility index (Phi) is 2.97. The highest BCUT2D eigenvalue weighted by atomic mass is 32.1. The Bertz CT molecular complexity index is 533. The van der Waals surface area contributed by atoms with Crippen LogP contribution in [0.1, 0.15) is 29.3 Å². The lowest BCUT2D eigenvalue weighted by atomic mass is 10.3. The third-order valence-electron chi connectivity index (χ3n) is 2.62. The SMILES string of the molecule is O=C(NCc1ccoc1)Nc1nnc(C2CC2)s1. The Morgan fingerprint density at radius 1 is 1.50 bits per heavy atom. The van der Waals surface area contributed by atoms with E-state index in [1.807, 2.05) is 0 Å². The Morgan fingerprint density at radius 2 is 2.39 bits per heavy atom. The van der Waals surface area contributed by atoms with E-state index in [9.17, 15) is 4.79 Å². The molecule has 2 aromatic rings. The second-order valence-electron chi connectivity index (χ2n) is 4.16. The number of anilines is 1. The molecular formula is C11H12N4O2S. The summed E-state index contributed by atoms with van der Waals surface area (Å²) in [5, 5.41) is 14.9. The van der Waals surface area contributed by atoms with Crippen LogP contribution in [0.5, 0.6) is 0 Å². The van der Waals surface area contributed by atoms with Gasteiger partial charge in [0, 0.05) is 18.0 Å². The molecule has 1 aliphatic carbocycles. The van der Waals surface area contributed by atoms with Crippen molar-refractivity contribution in [1.82, 2.24) is 15.5 Å². The number of hydrogen-bond donors (Lipinski definition) is 2. The van der Waals surface area contributed by atoms with E-state index in [2.05, 4.69) is 20.8 Å². The van der Waals surface area contributed by atoms with Gasteiger partial charge in [-0.3, -0.25) is 5.32 Å². The van der Waals surface area contributed by atoms with Crippen LogP contribution < -0.4 is 10.6 Å². The normalized spacial score (nSPS) is 14.4. The van der Waals surface area contributed by atoms with E-state index in [0.29, 0.717) is 17.6 Å². The van der Waals surface area contributed by atoms with Crippen molar-refractivity contribution in [3.05, 3.63) is 29.2 Å². The van der Waals surface area contributed by atoms with Crippen molar-refractivity contribution < 1.29 is 9.21 Å². The molecule has 6 nitrogen and oxygen atoms in total. The molecule has 0 spiro atoms. The van der Waals surface area contributed by atoms with E-state index in [0.717, 1.165) is 10.6 Å². The lowest BCUT2D eigenvalue weighted by Crippen LogP contribution is -2.27. The van der Waals surface area contributed by atoms with Gasteiger partial charge in [0.15, 0.2) is 0 Å². The lowest BCUT2D eigenvalue weighted by Gasteiger charge is -2.02. The van der Waals surface area contributed by atoms with Crippen LogP contribution in [-0.4, -0.2) is 16.2 Å². The molecule has 1 aliphatic rings. The van der Waals surface area contributed by atoms with E-state index in [1.54, 1.807) is 18.6 Å². The van der Waals surface area contributed by atoms with Gasteiger partial charge in [-0.15, -0.1) is 10.2 Å². The smallest absolute Gasteiger partial charge is 0.321 e. The molecule has 2 heterocycles. The quantitative estimate of drug-likeness (QED) is 0.888. The lowest BCUT2D eigenvalue weighted by molar-refractivity contribution is 0.251. The van der Waals surface area contributed by atoms with Crippen LogP contribution in [0.4, 0.5) is 9.93 Å². The zero-order valence-electron chi connectivity index (χ0n) is 9.55. The van der Waals surface area contributed by atoms with Crippen LogP contribution in [0, 0.1) is 0 Å². The van der Waals surface area contributed by atoms with Crippen molar-refractivity contribution in [2.24, 2.45) is 0 Å². The molecule has 0 radical (unpaired) electrons. The van der Waals surface area contributed by atoms with Gasteiger partial charge in [0.1, 0.15) is 5.01 Å². The second-order valence-corrected chi connectivity index (χ2v) is 5.17. The summed E-state index contributed by atoms with van der Waals surface area (Å²) in [5.41, 5.74) is 0.918. The summed E-state index contributed by atoms with van der Waals surface area (Å²) in [6, 6.07) is 1.52. The van der Waals surface area contributed by atoms with Gasteiger partial charge >= 0.3 is 6.03 Å². The maximum atomic E-state index is 11.6. The highest BCUT2D eigenvalue weighted by Crippen LogP contribution is 2.41. The second kappa shape index (κ2) is 4.77. The maximum Gasteiger partial charge on any atom is 0.321 e. The molecule has 7 heteroatoms. The fourth-order valence-corrected chi connectivity index (χ4v) is 2.40. The maximum absolute atomic E-state index is 11.6. The monoisotopic (exact) mass is 264 g/mol. The number of carbonyl (C=O) groups is 1. The third kappa shape index (κ3) is 2.67. The van der Waals surface area contributed by atoms with Gasteiger partial charge in [0.05, 0.1) is 12.5 Å². The zero-order chi connectivity index (χ0) is 12.4. The topological polar surface area (TPSA) is 80.0 Å². The minimum Gasteiger partial charge on any atom is -0.472 e. The first-order chi connectivity index (χ1) is 8.81. The van der Waals surface area contributed by atoms with Crippen LogP contribution in [-0.2, 0) is 6.54 Å². The summed E-state index contributed by atoms with van der Waals surface area (Å²) in [6.45, 7) is 0.427. The van der Waals surface area contributed by atoms with Gasteiger partial charge < -0.3 is 9.73 Å². The number of aromatic nitrogens is 2. The molecule has 2 aromatic heterocycles. The van der Waals surface area contributed by atoms with Crippen LogP contribution in [0.25, 0.3) is 0 Å². The average Bonchev–Trinajstić information content (AvgIpc) is 2.90. The molecule has 0 unspecified atom stereocenters. The number of nitrogens with one attached hydrogen (secondary N) is 2. The van der Waals surface area contributed by atoms with Crippen molar-refractivity contribution in [1.29, 1.82) is 0 Å². The molecule has 0 aromatic carbocycles. The molecule has 0 saturated heterocycles. The summed E-state index contributed by atoms with van der Waals surface area (Å²) >= 11 is 1.44. The van der Waals surface area contributed by atoms with Crippen molar-refractivity contribution >= 4 is 22.5 Å². The van der Waals surface area contributed by atoms with Crippen LogP contribution in [0.15, 0.2) is 23.0 Å². The summed E-state index contributed by atoms with van der Waals surface area (Å²) in [6.07, 6.45) is 5.53. The van der Waals surface area contributed by atoms with Gasteiger partial charge in [0.25, 0.3) is 0 Å². The minimum atomic E-state index is -0.283.